The van der Waals surface area contributed by atoms with E-state index in [1.54, 1.807) is 6.20 Å². The molecule has 0 aliphatic heterocycles. The SMILES string of the molecule is Cc1ncncc1C(=O)NCc1ccc2[nH]c(-c3ccccc3C3CC3)c(C)c2c1. The Balaban J connectivity index is 1.42. The van der Waals surface area contributed by atoms with Gasteiger partial charge in [0.25, 0.3) is 5.91 Å². The third kappa shape index (κ3) is 3.36. The number of nitrogens with one attached hydrogen (secondary N) is 2. The molecule has 5 nitrogen and oxygen atoms in total. The molecule has 0 spiro atoms. The van der Waals surface area contributed by atoms with Crippen LogP contribution in [0.1, 0.15) is 51.5 Å². The molecular formula is C25H24N4O. The fourth-order valence-corrected chi connectivity index (χ4v) is 4.12. The molecule has 1 saturated carbocycles. The molecule has 150 valence electrons. The Morgan fingerprint density at radius 3 is 2.80 bits per heavy atom. The van der Waals surface area contributed by atoms with Crippen molar-refractivity contribution in [3.8, 4) is 11.3 Å². The normalized spacial score (nSPS) is 13.5. The molecule has 5 heteroatoms. The second-order valence-corrected chi connectivity index (χ2v) is 8.07. The van der Waals surface area contributed by atoms with E-state index in [2.05, 4.69) is 69.7 Å². The summed E-state index contributed by atoms with van der Waals surface area (Å²) in [5, 5.41) is 4.18. The van der Waals surface area contributed by atoms with E-state index in [1.165, 1.54) is 46.9 Å². The Kier molecular flexibility index (Phi) is 4.58. The van der Waals surface area contributed by atoms with Crippen molar-refractivity contribution < 1.29 is 4.79 Å². The molecule has 0 bridgehead atoms. The second-order valence-electron chi connectivity index (χ2n) is 8.07. The zero-order chi connectivity index (χ0) is 20.7. The van der Waals surface area contributed by atoms with Gasteiger partial charge in [0, 0.05) is 34.9 Å². The van der Waals surface area contributed by atoms with Crippen molar-refractivity contribution in [3.05, 3.63) is 82.9 Å². The number of hydrogen-bond acceptors (Lipinski definition) is 3. The van der Waals surface area contributed by atoms with E-state index in [0.29, 0.717) is 23.7 Å². The number of benzene rings is 2. The van der Waals surface area contributed by atoms with Gasteiger partial charge in [0.1, 0.15) is 6.33 Å². The highest BCUT2D eigenvalue weighted by atomic mass is 16.1. The van der Waals surface area contributed by atoms with E-state index in [-0.39, 0.29) is 5.91 Å². The van der Waals surface area contributed by atoms with Crippen molar-refractivity contribution in [3.63, 3.8) is 0 Å². The van der Waals surface area contributed by atoms with Gasteiger partial charge in [-0.05, 0) is 61.4 Å². The van der Waals surface area contributed by atoms with Crippen LogP contribution in [0.15, 0.2) is 55.0 Å². The highest BCUT2D eigenvalue weighted by Gasteiger charge is 2.27. The van der Waals surface area contributed by atoms with Crippen molar-refractivity contribution in [1.29, 1.82) is 0 Å². The van der Waals surface area contributed by atoms with Crippen LogP contribution in [0.25, 0.3) is 22.2 Å². The third-order valence-corrected chi connectivity index (χ3v) is 5.98. The molecule has 2 aromatic carbocycles. The van der Waals surface area contributed by atoms with Gasteiger partial charge in [0.05, 0.1) is 11.3 Å². The summed E-state index contributed by atoms with van der Waals surface area (Å²) in [6.45, 7) is 4.44. The first-order chi connectivity index (χ1) is 14.6. The summed E-state index contributed by atoms with van der Waals surface area (Å²) >= 11 is 0. The number of H-pyrrole nitrogens is 1. The number of aryl methyl sites for hydroxylation is 2. The molecule has 30 heavy (non-hydrogen) atoms. The van der Waals surface area contributed by atoms with Crippen molar-refractivity contribution in [2.75, 3.05) is 0 Å². The number of amides is 1. The van der Waals surface area contributed by atoms with Crippen LogP contribution < -0.4 is 5.32 Å². The van der Waals surface area contributed by atoms with Gasteiger partial charge in [-0.15, -0.1) is 0 Å². The lowest BCUT2D eigenvalue weighted by molar-refractivity contribution is 0.0949. The Labute approximate surface area is 175 Å². The Morgan fingerprint density at radius 2 is 2.00 bits per heavy atom. The van der Waals surface area contributed by atoms with E-state index >= 15 is 0 Å². The van der Waals surface area contributed by atoms with E-state index in [9.17, 15) is 4.79 Å². The largest absolute Gasteiger partial charge is 0.354 e. The standard InChI is InChI=1S/C25H24N4O/c1-15-21-11-17(12-27-25(30)22-13-26-14-28-16(22)2)7-10-23(21)29-24(15)20-6-4-3-5-19(20)18-8-9-18/h3-7,10-11,13-14,18,29H,8-9,12H2,1-2H3,(H,27,30). The predicted octanol–water partition coefficient (Wildman–Crippen LogP) is 5.05. The molecule has 5 rings (SSSR count). The van der Waals surface area contributed by atoms with Crippen LogP contribution in [0.2, 0.25) is 0 Å². The van der Waals surface area contributed by atoms with Gasteiger partial charge >= 0.3 is 0 Å². The molecule has 2 aromatic heterocycles. The molecule has 1 amide bonds. The first kappa shape index (κ1) is 18.6. The van der Waals surface area contributed by atoms with Gasteiger partial charge in [-0.2, -0.15) is 0 Å². The maximum Gasteiger partial charge on any atom is 0.254 e. The fraction of sp³-hybridized carbons (Fsp3) is 0.240. The van der Waals surface area contributed by atoms with Crippen molar-refractivity contribution >= 4 is 16.8 Å². The molecule has 0 radical (unpaired) electrons. The predicted molar refractivity (Wildman–Crippen MR) is 118 cm³/mol. The van der Waals surface area contributed by atoms with E-state index in [1.807, 2.05) is 6.92 Å². The molecule has 0 saturated heterocycles. The van der Waals surface area contributed by atoms with Gasteiger partial charge in [-0.3, -0.25) is 4.79 Å². The molecular weight excluding hydrogens is 372 g/mol. The maximum atomic E-state index is 12.5. The topological polar surface area (TPSA) is 70.7 Å². The molecule has 1 aliphatic rings. The summed E-state index contributed by atoms with van der Waals surface area (Å²) in [5.41, 5.74) is 8.58. The number of rotatable bonds is 5. The summed E-state index contributed by atoms with van der Waals surface area (Å²) in [7, 11) is 0. The fourth-order valence-electron chi connectivity index (χ4n) is 4.12. The quantitative estimate of drug-likeness (QED) is 0.496. The Bertz CT molecular complexity index is 1250. The minimum atomic E-state index is -0.155. The number of fused-ring (bicyclic) bond motifs is 1. The third-order valence-electron chi connectivity index (χ3n) is 5.98. The number of aromatic amines is 1. The molecule has 4 aromatic rings. The summed E-state index contributed by atoms with van der Waals surface area (Å²) in [5.74, 6) is 0.543. The minimum Gasteiger partial charge on any atom is -0.354 e. The zero-order valence-corrected chi connectivity index (χ0v) is 17.2. The van der Waals surface area contributed by atoms with Gasteiger partial charge in [-0.25, -0.2) is 9.97 Å². The Hall–Kier alpha value is -3.47. The van der Waals surface area contributed by atoms with Gasteiger partial charge in [-0.1, -0.05) is 30.3 Å². The average molecular weight is 396 g/mol. The van der Waals surface area contributed by atoms with Crippen molar-refractivity contribution in [2.45, 2.75) is 39.2 Å². The van der Waals surface area contributed by atoms with Gasteiger partial charge in [0.15, 0.2) is 0 Å². The highest BCUT2D eigenvalue weighted by molar-refractivity contribution is 5.95. The van der Waals surface area contributed by atoms with E-state index < -0.39 is 0 Å². The lowest BCUT2D eigenvalue weighted by Gasteiger charge is -2.08. The minimum absolute atomic E-state index is 0.155. The lowest BCUT2D eigenvalue weighted by atomic mass is 9.98. The molecule has 0 atom stereocenters. The smallest absolute Gasteiger partial charge is 0.254 e. The maximum absolute atomic E-state index is 12.5. The van der Waals surface area contributed by atoms with E-state index in [0.717, 1.165) is 11.1 Å². The summed E-state index contributed by atoms with van der Waals surface area (Å²) in [6.07, 6.45) is 5.58. The van der Waals surface area contributed by atoms with Crippen LogP contribution in [-0.4, -0.2) is 20.9 Å². The average Bonchev–Trinajstić information content (AvgIpc) is 3.56. The molecule has 2 heterocycles. The summed E-state index contributed by atoms with van der Waals surface area (Å²) in [4.78, 5) is 24.1. The lowest BCUT2D eigenvalue weighted by Crippen LogP contribution is -2.24. The first-order valence-electron chi connectivity index (χ1n) is 10.4. The van der Waals surface area contributed by atoms with Crippen molar-refractivity contribution in [1.82, 2.24) is 20.3 Å². The molecule has 2 N–H and O–H groups in total. The Morgan fingerprint density at radius 1 is 1.17 bits per heavy atom. The molecule has 1 aliphatic carbocycles. The summed E-state index contributed by atoms with van der Waals surface area (Å²) < 4.78 is 0. The first-order valence-corrected chi connectivity index (χ1v) is 10.4. The second kappa shape index (κ2) is 7.41. The number of aromatic nitrogens is 3. The number of nitrogens with zero attached hydrogens (tertiary/aromatic N) is 2. The number of hydrogen-bond donors (Lipinski definition) is 2. The van der Waals surface area contributed by atoms with Crippen molar-refractivity contribution in [2.24, 2.45) is 0 Å². The van der Waals surface area contributed by atoms with Crippen LogP contribution in [0.3, 0.4) is 0 Å². The zero-order valence-electron chi connectivity index (χ0n) is 17.2. The van der Waals surface area contributed by atoms with Gasteiger partial charge in [0.2, 0.25) is 0 Å². The monoisotopic (exact) mass is 396 g/mol. The van der Waals surface area contributed by atoms with E-state index in [4.69, 9.17) is 0 Å². The highest BCUT2D eigenvalue weighted by Crippen LogP contribution is 2.45. The van der Waals surface area contributed by atoms with Crippen LogP contribution in [0.5, 0.6) is 0 Å². The summed E-state index contributed by atoms with van der Waals surface area (Å²) in [6, 6.07) is 15.1. The van der Waals surface area contributed by atoms with Gasteiger partial charge < -0.3 is 10.3 Å². The van der Waals surface area contributed by atoms with Crippen LogP contribution in [0.4, 0.5) is 0 Å². The number of carbonyl (C=O) groups is 1. The van der Waals surface area contributed by atoms with Crippen LogP contribution >= 0.6 is 0 Å². The molecule has 1 fully saturated rings. The molecule has 0 unspecified atom stereocenters. The number of carbonyl (C=O) groups excluding carboxylic acids is 1. The van der Waals surface area contributed by atoms with Crippen LogP contribution in [-0.2, 0) is 6.54 Å². The van der Waals surface area contributed by atoms with Crippen LogP contribution in [0, 0.1) is 13.8 Å².